The van der Waals surface area contributed by atoms with E-state index in [1.165, 1.54) is 0 Å². The second kappa shape index (κ2) is 7.88. The summed E-state index contributed by atoms with van der Waals surface area (Å²) in [5.74, 6) is -0.292. The van der Waals surface area contributed by atoms with Gasteiger partial charge in [0.05, 0.1) is 12.2 Å². The van der Waals surface area contributed by atoms with Crippen LogP contribution in [0.15, 0.2) is 30.3 Å². The molecule has 1 aromatic rings. The van der Waals surface area contributed by atoms with Gasteiger partial charge in [0.15, 0.2) is 0 Å². The Morgan fingerprint density at radius 3 is 2.56 bits per heavy atom. The van der Waals surface area contributed by atoms with E-state index in [9.17, 15) is 4.79 Å². The van der Waals surface area contributed by atoms with E-state index in [-0.39, 0.29) is 5.97 Å². The van der Waals surface area contributed by atoms with Crippen LogP contribution >= 0.6 is 0 Å². The van der Waals surface area contributed by atoms with Gasteiger partial charge in [-0.15, -0.1) is 0 Å². The molecule has 0 unspecified atom stereocenters. The van der Waals surface area contributed by atoms with Crippen molar-refractivity contribution < 1.29 is 14.3 Å². The van der Waals surface area contributed by atoms with Gasteiger partial charge in [-0.3, -0.25) is 0 Å². The molecule has 0 bridgehead atoms. The van der Waals surface area contributed by atoms with Gasteiger partial charge in [0.1, 0.15) is 6.61 Å². The third kappa shape index (κ3) is 4.94. The number of rotatable bonds is 7. The molecule has 0 N–H and O–H groups in total. The van der Waals surface area contributed by atoms with Crippen LogP contribution < -0.4 is 0 Å². The summed E-state index contributed by atoms with van der Waals surface area (Å²) < 4.78 is 10.3. The molecule has 0 aliphatic carbocycles. The van der Waals surface area contributed by atoms with Crippen LogP contribution in [0, 0.1) is 0 Å². The third-order valence-electron chi connectivity index (χ3n) is 2.11. The molecular formula is C13H18O3. The highest BCUT2D eigenvalue weighted by atomic mass is 16.6. The standard InChI is InChI=1S/C13H18O3/c1-2-3-9-15-10-11-16-13(14)12-7-5-4-6-8-12/h4-8H,2-3,9-11H2,1H3. The van der Waals surface area contributed by atoms with Crippen LogP contribution in [0.5, 0.6) is 0 Å². The highest BCUT2D eigenvalue weighted by Crippen LogP contribution is 2.00. The van der Waals surface area contributed by atoms with Crippen LogP contribution in [0.25, 0.3) is 0 Å². The summed E-state index contributed by atoms with van der Waals surface area (Å²) in [5.41, 5.74) is 0.580. The lowest BCUT2D eigenvalue weighted by atomic mass is 10.2. The Morgan fingerprint density at radius 1 is 1.12 bits per heavy atom. The molecule has 1 aromatic carbocycles. The molecule has 3 nitrogen and oxygen atoms in total. The first-order chi connectivity index (χ1) is 7.84. The number of carbonyl (C=O) groups excluding carboxylic acids is 1. The topological polar surface area (TPSA) is 35.5 Å². The zero-order valence-electron chi connectivity index (χ0n) is 9.65. The lowest BCUT2D eigenvalue weighted by Crippen LogP contribution is -2.11. The molecule has 0 aliphatic rings. The van der Waals surface area contributed by atoms with Crippen LogP contribution in [0.3, 0.4) is 0 Å². The summed E-state index contributed by atoms with van der Waals surface area (Å²) in [6.45, 7) is 3.63. The van der Waals surface area contributed by atoms with E-state index >= 15 is 0 Å². The first-order valence-electron chi connectivity index (χ1n) is 5.64. The minimum atomic E-state index is -0.292. The summed E-state index contributed by atoms with van der Waals surface area (Å²) in [6, 6.07) is 8.97. The minimum Gasteiger partial charge on any atom is -0.460 e. The van der Waals surface area contributed by atoms with E-state index in [2.05, 4.69) is 6.92 Å². The van der Waals surface area contributed by atoms with Gasteiger partial charge in [-0.25, -0.2) is 4.79 Å². The molecule has 0 saturated heterocycles. The first kappa shape index (κ1) is 12.7. The van der Waals surface area contributed by atoms with Crippen molar-refractivity contribution in [2.24, 2.45) is 0 Å². The number of carbonyl (C=O) groups is 1. The van der Waals surface area contributed by atoms with Gasteiger partial charge in [0.25, 0.3) is 0 Å². The molecule has 0 aliphatic heterocycles. The van der Waals surface area contributed by atoms with E-state index in [1.807, 2.05) is 18.2 Å². The third-order valence-corrected chi connectivity index (χ3v) is 2.11. The van der Waals surface area contributed by atoms with Crippen LogP contribution in [0.4, 0.5) is 0 Å². The molecule has 16 heavy (non-hydrogen) atoms. The second-order valence-electron chi connectivity index (χ2n) is 3.47. The number of hydrogen-bond donors (Lipinski definition) is 0. The van der Waals surface area contributed by atoms with E-state index in [0.29, 0.717) is 18.8 Å². The summed E-state index contributed by atoms with van der Waals surface area (Å²) in [7, 11) is 0. The summed E-state index contributed by atoms with van der Waals surface area (Å²) in [6.07, 6.45) is 2.16. The molecule has 3 heteroatoms. The number of unbranched alkanes of at least 4 members (excludes halogenated alkanes) is 1. The van der Waals surface area contributed by atoms with E-state index in [1.54, 1.807) is 12.1 Å². The Morgan fingerprint density at radius 2 is 1.88 bits per heavy atom. The predicted molar refractivity (Wildman–Crippen MR) is 62.5 cm³/mol. The van der Waals surface area contributed by atoms with Gasteiger partial charge >= 0.3 is 5.97 Å². The molecule has 0 fully saturated rings. The van der Waals surface area contributed by atoms with Gasteiger partial charge in [-0.2, -0.15) is 0 Å². The lowest BCUT2D eigenvalue weighted by Gasteiger charge is -2.05. The average Bonchev–Trinajstić information content (AvgIpc) is 2.34. The Balaban J connectivity index is 2.12. The van der Waals surface area contributed by atoms with E-state index < -0.39 is 0 Å². The fourth-order valence-corrected chi connectivity index (χ4v) is 1.20. The molecule has 0 aromatic heterocycles. The van der Waals surface area contributed by atoms with E-state index in [4.69, 9.17) is 9.47 Å². The molecule has 0 atom stereocenters. The smallest absolute Gasteiger partial charge is 0.338 e. The molecule has 0 saturated carbocycles. The van der Waals surface area contributed by atoms with E-state index in [0.717, 1.165) is 19.4 Å². The minimum absolute atomic E-state index is 0.292. The molecule has 0 amide bonds. The van der Waals surface area contributed by atoms with Crippen molar-refractivity contribution in [1.82, 2.24) is 0 Å². The Labute approximate surface area is 96.4 Å². The highest BCUT2D eigenvalue weighted by molar-refractivity contribution is 5.89. The van der Waals surface area contributed by atoms with Crippen LogP contribution in [-0.4, -0.2) is 25.8 Å². The fourth-order valence-electron chi connectivity index (χ4n) is 1.20. The van der Waals surface area contributed by atoms with Crippen molar-refractivity contribution in [3.63, 3.8) is 0 Å². The lowest BCUT2D eigenvalue weighted by molar-refractivity contribution is 0.0314. The SMILES string of the molecule is CCCCOCCOC(=O)c1ccccc1. The summed E-state index contributed by atoms with van der Waals surface area (Å²) >= 11 is 0. The van der Waals surface area contributed by atoms with Crippen molar-refractivity contribution in [3.8, 4) is 0 Å². The highest BCUT2D eigenvalue weighted by Gasteiger charge is 2.04. The number of esters is 1. The zero-order valence-corrected chi connectivity index (χ0v) is 9.65. The summed E-state index contributed by atoms with van der Waals surface area (Å²) in [4.78, 5) is 11.5. The molecule has 0 spiro atoms. The monoisotopic (exact) mass is 222 g/mol. The van der Waals surface area contributed by atoms with Gasteiger partial charge in [0.2, 0.25) is 0 Å². The maximum atomic E-state index is 11.5. The van der Waals surface area contributed by atoms with Gasteiger partial charge in [-0.05, 0) is 18.6 Å². The van der Waals surface area contributed by atoms with Crippen LogP contribution in [-0.2, 0) is 9.47 Å². The number of benzene rings is 1. The van der Waals surface area contributed by atoms with Gasteiger partial charge < -0.3 is 9.47 Å². The van der Waals surface area contributed by atoms with Crippen molar-refractivity contribution in [3.05, 3.63) is 35.9 Å². The largest absolute Gasteiger partial charge is 0.460 e. The van der Waals surface area contributed by atoms with Crippen molar-refractivity contribution in [1.29, 1.82) is 0 Å². The van der Waals surface area contributed by atoms with Gasteiger partial charge in [0, 0.05) is 6.61 Å². The Bertz CT molecular complexity index is 295. The summed E-state index contributed by atoms with van der Waals surface area (Å²) in [5, 5.41) is 0. The van der Waals surface area contributed by atoms with Crippen molar-refractivity contribution in [2.45, 2.75) is 19.8 Å². The van der Waals surface area contributed by atoms with Crippen molar-refractivity contribution in [2.75, 3.05) is 19.8 Å². The fraction of sp³-hybridized carbons (Fsp3) is 0.462. The normalized spacial score (nSPS) is 10.1. The zero-order chi connectivity index (χ0) is 11.6. The quantitative estimate of drug-likeness (QED) is 0.525. The number of hydrogen-bond acceptors (Lipinski definition) is 3. The molecule has 1 rings (SSSR count). The predicted octanol–water partition coefficient (Wildman–Crippen LogP) is 2.66. The first-order valence-corrected chi connectivity index (χ1v) is 5.64. The van der Waals surface area contributed by atoms with Crippen LogP contribution in [0.1, 0.15) is 30.1 Å². The van der Waals surface area contributed by atoms with Gasteiger partial charge in [-0.1, -0.05) is 31.5 Å². The molecule has 0 radical (unpaired) electrons. The van der Waals surface area contributed by atoms with Crippen molar-refractivity contribution >= 4 is 5.97 Å². The average molecular weight is 222 g/mol. The molecule has 88 valence electrons. The van der Waals surface area contributed by atoms with Crippen LogP contribution in [0.2, 0.25) is 0 Å². The maximum Gasteiger partial charge on any atom is 0.338 e. The number of ether oxygens (including phenoxy) is 2. The maximum absolute atomic E-state index is 11.5. The molecular weight excluding hydrogens is 204 g/mol. The Hall–Kier alpha value is -1.35. The Kier molecular flexibility index (Phi) is 6.26. The molecule has 0 heterocycles. The second-order valence-corrected chi connectivity index (χ2v) is 3.47.